The Labute approximate surface area is 188 Å². The van der Waals surface area contributed by atoms with Crippen molar-refractivity contribution in [2.45, 2.75) is 45.1 Å². The van der Waals surface area contributed by atoms with Crippen LogP contribution in [-0.4, -0.2) is 27.1 Å². The van der Waals surface area contributed by atoms with Gasteiger partial charge < -0.3 is 5.32 Å². The van der Waals surface area contributed by atoms with Gasteiger partial charge in [-0.15, -0.1) is 0 Å². The number of carbonyl (C=O) groups excluding carboxylic acids is 1. The standard InChI is InChI=1S/C22H26Cl2N2O3S/c1-15(17-9-8-16-5-3-6-18(16)13-17)25-22(27)7-4-12-26(30(2,28)29)19-10-11-20(23)21(24)14-19/h8-11,13-15H,3-7,12H2,1-2H3,(H,25,27). The molecule has 1 aliphatic carbocycles. The predicted octanol–water partition coefficient (Wildman–Crippen LogP) is 4.91. The third kappa shape index (κ3) is 5.68. The fourth-order valence-electron chi connectivity index (χ4n) is 3.77. The zero-order valence-corrected chi connectivity index (χ0v) is 19.4. The molecule has 3 rings (SSSR count). The second kappa shape index (κ2) is 9.58. The predicted molar refractivity (Wildman–Crippen MR) is 123 cm³/mol. The van der Waals surface area contributed by atoms with Crippen LogP contribution in [0.4, 0.5) is 5.69 Å². The Balaban J connectivity index is 1.57. The van der Waals surface area contributed by atoms with Crippen LogP contribution in [0.3, 0.4) is 0 Å². The third-order valence-corrected chi connectivity index (χ3v) is 7.29. The number of anilines is 1. The van der Waals surface area contributed by atoms with Crippen molar-refractivity contribution in [3.8, 4) is 0 Å². The Morgan fingerprint density at radius 2 is 1.83 bits per heavy atom. The molecule has 0 heterocycles. The van der Waals surface area contributed by atoms with Crippen LogP contribution in [0.1, 0.15) is 48.9 Å². The summed E-state index contributed by atoms with van der Waals surface area (Å²) in [6.07, 6.45) is 5.16. The lowest BCUT2D eigenvalue weighted by Crippen LogP contribution is -2.32. The van der Waals surface area contributed by atoms with Gasteiger partial charge >= 0.3 is 0 Å². The van der Waals surface area contributed by atoms with E-state index < -0.39 is 10.0 Å². The number of rotatable bonds is 8. The summed E-state index contributed by atoms with van der Waals surface area (Å²) >= 11 is 11.9. The number of nitrogens with zero attached hydrogens (tertiary/aromatic N) is 1. The summed E-state index contributed by atoms with van der Waals surface area (Å²) in [5.74, 6) is -0.106. The van der Waals surface area contributed by atoms with Gasteiger partial charge in [-0.25, -0.2) is 8.42 Å². The van der Waals surface area contributed by atoms with Gasteiger partial charge in [-0.1, -0.05) is 41.4 Å². The minimum atomic E-state index is -3.52. The van der Waals surface area contributed by atoms with Crippen molar-refractivity contribution in [1.29, 1.82) is 0 Å². The van der Waals surface area contributed by atoms with Crippen molar-refractivity contribution >= 4 is 44.8 Å². The Kier molecular flexibility index (Phi) is 7.32. The summed E-state index contributed by atoms with van der Waals surface area (Å²) in [4.78, 5) is 12.4. The van der Waals surface area contributed by atoms with E-state index >= 15 is 0 Å². The van der Waals surface area contributed by atoms with Gasteiger partial charge in [-0.2, -0.15) is 0 Å². The lowest BCUT2D eigenvalue weighted by Gasteiger charge is -2.23. The van der Waals surface area contributed by atoms with Crippen molar-refractivity contribution in [2.75, 3.05) is 17.1 Å². The van der Waals surface area contributed by atoms with Crippen LogP contribution >= 0.6 is 23.2 Å². The smallest absolute Gasteiger partial charge is 0.232 e. The molecule has 0 aromatic heterocycles. The molecule has 8 heteroatoms. The molecular formula is C22H26Cl2N2O3S. The summed E-state index contributed by atoms with van der Waals surface area (Å²) in [5.41, 5.74) is 4.30. The average Bonchev–Trinajstić information content (AvgIpc) is 3.14. The van der Waals surface area contributed by atoms with Gasteiger partial charge in [-0.05, 0) is 67.5 Å². The SMILES string of the molecule is CC(NC(=O)CCCN(c1ccc(Cl)c(Cl)c1)S(C)(=O)=O)c1ccc2c(c1)CCC2. The number of halogens is 2. The number of carbonyl (C=O) groups is 1. The van der Waals surface area contributed by atoms with Crippen molar-refractivity contribution in [3.63, 3.8) is 0 Å². The van der Waals surface area contributed by atoms with E-state index in [-0.39, 0.29) is 29.9 Å². The van der Waals surface area contributed by atoms with E-state index in [1.165, 1.54) is 27.9 Å². The number of amides is 1. The molecule has 162 valence electrons. The molecule has 0 spiro atoms. The summed E-state index contributed by atoms with van der Waals surface area (Å²) in [6.45, 7) is 2.14. The quantitative estimate of drug-likeness (QED) is 0.598. The second-order valence-corrected chi connectivity index (χ2v) is 10.4. The maximum absolute atomic E-state index is 12.4. The highest BCUT2D eigenvalue weighted by Gasteiger charge is 2.19. The minimum absolute atomic E-state index is 0.0931. The molecule has 1 amide bonds. The van der Waals surface area contributed by atoms with Gasteiger partial charge in [0.15, 0.2) is 0 Å². The highest BCUT2D eigenvalue weighted by Crippen LogP contribution is 2.29. The number of hydrogen-bond acceptors (Lipinski definition) is 3. The molecule has 1 atom stereocenters. The topological polar surface area (TPSA) is 66.5 Å². The molecule has 0 radical (unpaired) electrons. The fraction of sp³-hybridized carbons (Fsp3) is 0.409. The Morgan fingerprint density at radius 3 is 2.53 bits per heavy atom. The first kappa shape index (κ1) is 22.9. The van der Waals surface area contributed by atoms with E-state index in [0.717, 1.165) is 24.7 Å². The molecule has 30 heavy (non-hydrogen) atoms. The van der Waals surface area contributed by atoms with Crippen LogP contribution in [0.25, 0.3) is 0 Å². The maximum Gasteiger partial charge on any atom is 0.232 e. The van der Waals surface area contributed by atoms with Gasteiger partial charge in [0, 0.05) is 13.0 Å². The molecule has 0 saturated carbocycles. The molecule has 1 N–H and O–H groups in total. The Hall–Kier alpha value is -1.76. The number of benzene rings is 2. The Morgan fingerprint density at radius 1 is 1.10 bits per heavy atom. The Bertz CT molecular complexity index is 1040. The summed E-state index contributed by atoms with van der Waals surface area (Å²) < 4.78 is 25.7. The van der Waals surface area contributed by atoms with E-state index in [1.807, 2.05) is 6.92 Å². The van der Waals surface area contributed by atoms with Gasteiger partial charge in [0.05, 0.1) is 28.0 Å². The molecule has 0 saturated heterocycles. The van der Waals surface area contributed by atoms with Crippen LogP contribution in [-0.2, 0) is 27.7 Å². The number of hydrogen-bond donors (Lipinski definition) is 1. The van der Waals surface area contributed by atoms with Crippen molar-refractivity contribution in [1.82, 2.24) is 5.32 Å². The number of fused-ring (bicyclic) bond motifs is 1. The van der Waals surface area contributed by atoms with E-state index in [2.05, 4.69) is 23.5 Å². The molecule has 5 nitrogen and oxygen atoms in total. The van der Waals surface area contributed by atoms with Crippen LogP contribution in [0.5, 0.6) is 0 Å². The largest absolute Gasteiger partial charge is 0.350 e. The molecule has 2 aromatic rings. The van der Waals surface area contributed by atoms with Crippen LogP contribution in [0.15, 0.2) is 36.4 Å². The zero-order valence-electron chi connectivity index (χ0n) is 17.1. The summed E-state index contributed by atoms with van der Waals surface area (Å²) in [7, 11) is -3.52. The lowest BCUT2D eigenvalue weighted by atomic mass is 10.0. The van der Waals surface area contributed by atoms with Gasteiger partial charge in [0.2, 0.25) is 15.9 Å². The number of nitrogens with one attached hydrogen (secondary N) is 1. The zero-order chi connectivity index (χ0) is 21.9. The first-order valence-corrected chi connectivity index (χ1v) is 12.6. The van der Waals surface area contributed by atoms with E-state index in [4.69, 9.17) is 23.2 Å². The molecule has 0 fully saturated rings. The highest BCUT2D eigenvalue weighted by atomic mass is 35.5. The maximum atomic E-state index is 12.4. The van der Waals surface area contributed by atoms with Crippen LogP contribution in [0, 0.1) is 0 Å². The minimum Gasteiger partial charge on any atom is -0.350 e. The molecule has 2 aromatic carbocycles. The monoisotopic (exact) mass is 468 g/mol. The summed E-state index contributed by atoms with van der Waals surface area (Å²) in [5, 5.41) is 3.65. The molecule has 1 aliphatic rings. The van der Waals surface area contributed by atoms with Crippen molar-refractivity contribution in [2.24, 2.45) is 0 Å². The van der Waals surface area contributed by atoms with E-state index in [9.17, 15) is 13.2 Å². The van der Waals surface area contributed by atoms with Gasteiger partial charge in [-0.3, -0.25) is 9.10 Å². The molecule has 1 unspecified atom stereocenters. The van der Waals surface area contributed by atoms with Gasteiger partial charge in [0.1, 0.15) is 0 Å². The summed E-state index contributed by atoms with van der Waals surface area (Å²) in [6, 6.07) is 11.0. The lowest BCUT2D eigenvalue weighted by molar-refractivity contribution is -0.121. The first-order valence-electron chi connectivity index (χ1n) is 9.99. The molecule has 0 bridgehead atoms. The highest BCUT2D eigenvalue weighted by molar-refractivity contribution is 7.92. The van der Waals surface area contributed by atoms with E-state index in [0.29, 0.717) is 17.1 Å². The first-order chi connectivity index (χ1) is 14.1. The van der Waals surface area contributed by atoms with Crippen molar-refractivity contribution in [3.05, 3.63) is 63.1 Å². The van der Waals surface area contributed by atoms with Crippen LogP contribution < -0.4 is 9.62 Å². The van der Waals surface area contributed by atoms with Crippen molar-refractivity contribution < 1.29 is 13.2 Å². The van der Waals surface area contributed by atoms with Gasteiger partial charge in [0.25, 0.3) is 0 Å². The normalized spacial score (nSPS) is 14.3. The average molecular weight is 469 g/mol. The number of sulfonamides is 1. The second-order valence-electron chi connectivity index (χ2n) is 7.71. The molecular weight excluding hydrogens is 443 g/mol. The number of aryl methyl sites for hydroxylation is 2. The molecule has 0 aliphatic heterocycles. The third-order valence-electron chi connectivity index (χ3n) is 5.36. The fourth-order valence-corrected chi connectivity index (χ4v) is 5.02. The van der Waals surface area contributed by atoms with Crippen LogP contribution in [0.2, 0.25) is 10.0 Å². The van der Waals surface area contributed by atoms with E-state index in [1.54, 1.807) is 12.1 Å².